The molecule has 0 aromatic heterocycles. The Morgan fingerprint density at radius 1 is 1.00 bits per heavy atom. The van der Waals surface area contributed by atoms with E-state index in [1.807, 2.05) is 12.1 Å². The topological polar surface area (TPSA) is 17.1 Å². The molecule has 0 saturated carbocycles. The number of ketones is 1. The van der Waals surface area contributed by atoms with Crippen LogP contribution in [0.2, 0.25) is 0 Å². The minimum absolute atomic E-state index is 0. The Bertz CT molecular complexity index is 498. The quantitative estimate of drug-likeness (QED) is 0.426. The number of rotatable bonds is 1. The van der Waals surface area contributed by atoms with Gasteiger partial charge >= 0.3 is 31.1 Å². The van der Waals surface area contributed by atoms with E-state index in [-0.39, 0.29) is 42.3 Å². The van der Waals surface area contributed by atoms with Crippen molar-refractivity contribution in [2.75, 3.05) is 0 Å². The van der Waals surface area contributed by atoms with E-state index in [1.54, 1.807) is 31.2 Å². The van der Waals surface area contributed by atoms with Gasteiger partial charge in [0, 0.05) is 0 Å². The maximum atomic E-state index is 10.6. The Balaban J connectivity index is 0.000000345. The molecule has 0 heterocycles. The van der Waals surface area contributed by atoms with Gasteiger partial charge in [-0.15, -0.1) is 0 Å². The summed E-state index contributed by atoms with van der Waals surface area (Å²) in [5, 5.41) is 0. The zero-order chi connectivity index (χ0) is 14.3. The van der Waals surface area contributed by atoms with Gasteiger partial charge in [-0.05, 0) is 12.3 Å². The molecule has 2 rings (SSSR count). The summed E-state index contributed by atoms with van der Waals surface area (Å²) >= 11 is 0. The standard InChI is InChI=1S/C10H13.C8H7O.U/c1-10(2,3)9-7-5-4-6-8-9;1-7(9)8-5-3-2-4-6-8;/h5-8H,1-3H3;2-3,5-6H,1H3;/q2*-1;+2. The molecule has 0 bridgehead atoms. The van der Waals surface area contributed by atoms with Crippen LogP contribution in [0.3, 0.4) is 0 Å². The molecule has 20 heavy (non-hydrogen) atoms. The fourth-order valence-corrected chi connectivity index (χ4v) is 1.50. The van der Waals surface area contributed by atoms with Crippen LogP contribution in [-0.4, -0.2) is 5.78 Å². The second kappa shape index (κ2) is 9.16. The van der Waals surface area contributed by atoms with Crippen molar-refractivity contribution in [2.45, 2.75) is 33.1 Å². The number of benzene rings is 2. The van der Waals surface area contributed by atoms with Crippen molar-refractivity contribution >= 4 is 5.78 Å². The van der Waals surface area contributed by atoms with Crippen molar-refractivity contribution in [3.05, 3.63) is 71.8 Å². The second-order valence-corrected chi connectivity index (χ2v) is 5.39. The Hall–Kier alpha value is -0.838. The fraction of sp³-hybridized carbons (Fsp3) is 0.278. The van der Waals surface area contributed by atoms with Crippen molar-refractivity contribution in [1.29, 1.82) is 0 Å². The predicted molar refractivity (Wildman–Crippen MR) is 79.3 cm³/mol. The van der Waals surface area contributed by atoms with Crippen molar-refractivity contribution in [3.8, 4) is 0 Å². The second-order valence-electron chi connectivity index (χ2n) is 5.39. The maximum absolute atomic E-state index is 10.6. The van der Waals surface area contributed by atoms with Gasteiger partial charge in [0.2, 0.25) is 0 Å². The Kier molecular flexibility index (Phi) is 8.78. The smallest absolute Gasteiger partial charge is 0.309 e. The summed E-state index contributed by atoms with van der Waals surface area (Å²) in [6.07, 6.45) is 0. The van der Waals surface area contributed by atoms with Gasteiger partial charge in [-0.2, -0.15) is 66.2 Å². The largest absolute Gasteiger partial charge is 2.00 e. The summed E-state index contributed by atoms with van der Waals surface area (Å²) in [4.78, 5) is 10.6. The normalized spacial score (nSPS) is 9.80. The summed E-state index contributed by atoms with van der Waals surface area (Å²) in [5.74, 6) is 0.0897. The van der Waals surface area contributed by atoms with Crippen LogP contribution in [-0.2, 0) is 5.41 Å². The average Bonchev–Trinajstić information content (AvgIpc) is 2.40. The number of hydrogen-bond donors (Lipinski definition) is 0. The molecule has 0 spiro atoms. The molecule has 0 N–H and O–H groups in total. The molecule has 0 unspecified atom stereocenters. The molecule has 0 aliphatic carbocycles. The van der Waals surface area contributed by atoms with E-state index in [4.69, 9.17) is 0 Å². The van der Waals surface area contributed by atoms with Crippen LogP contribution in [0.4, 0.5) is 0 Å². The van der Waals surface area contributed by atoms with Crippen LogP contribution < -0.4 is 0 Å². The molecular weight excluding hydrogens is 470 g/mol. The summed E-state index contributed by atoms with van der Waals surface area (Å²) in [6.45, 7) is 8.18. The molecule has 0 atom stereocenters. The molecule has 0 radical (unpaired) electrons. The molecule has 0 saturated heterocycles. The van der Waals surface area contributed by atoms with Gasteiger partial charge in [-0.1, -0.05) is 26.3 Å². The van der Waals surface area contributed by atoms with Gasteiger partial charge in [0.25, 0.3) is 0 Å². The van der Waals surface area contributed by atoms with Crippen LogP contribution >= 0.6 is 0 Å². The third-order valence-corrected chi connectivity index (χ3v) is 2.70. The van der Waals surface area contributed by atoms with E-state index in [0.717, 1.165) is 5.56 Å². The van der Waals surface area contributed by atoms with E-state index in [2.05, 4.69) is 45.0 Å². The average molecular weight is 490 g/mol. The summed E-state index contributed by atoms with van der Waals surface area (Å²) in [5.41, 5.74) is 2.36. The van der Waals surface area contributed by atoms with Crippen molar-refractivity contribution in [2.24, 2.45) is 0 Å². The first kappa shape index (κ1) is 19.2. The SMILES string of the molecule is CC(=O)c1c[c-]ccc1.CC(C)(C)c1cc[c-]cc1.[U+2]. The van der Waals surface area contributed by atoms with E-state index in [0.29, 0.717) is 0 Å². The Labute approximate surface area is 146 Å². The van der Waals surface area contributed by atoms with Gasteiger partial charge < -0.3 is 4.79 Å². The molecule has 0 aliphatic rings. The van der Waals surface area contributed by atoms with E-state index in [1.165, 1.54) is 5.56 Å². The first-order chi connectivity index (χ1) is 8.91. The van der Waals surface area contributed by atoms with Crippen molar-refractivity contribution < 1.29 is 35.9 Å². The van der Waals surface area contributed by atoms with Gasteiger partial charge in [0.1, 0.15) is 5.78 Å². The summed E-state index contributed by atoms with van der Waals surface area (Å²) in [7, 11) is 0. The maximum Gasteiger partial charge on any atom is 2.00 e. The van der Waals surface area contributed by atoms with Gasteiger partial charge in [0.05, 0.1) is 0 Å². The molecule has 2 aromatic carbocycles. The van der Waals surface area contributed by atoms with Gasteiger partial charge in [-0.25, -0.2) is 0 Å². The molecule has 102 valence electrons. The minimum atomic E-state index is 0. The van der Waals surface area contributed by atoms with Crippen LogP contribution in [0, 0.1) is 43.2 Å². The van der Waals surface area contributed by atoms with Crippen LogP contribution in [0.25, 0.3) is 0 Å². The van der Waals surface area contributed by atoms with Crippen molar-refractivity contribution in [3.63, 3.8) is 0 Å². The molecule has 0 aliphatic heterocycles. The predicted octanol–water partition coefficient (Wildman–Crippen LogP) is 4.47. The Morgan fingerprint density at radius 3 is 1.90 bits per heavy atom. The van der Waals surface area contributed by atoms with E-state index >= 15 is 0 Å². The fourth-order valence-electron chi connectivity index (χ4n) is 1.50. The summed E-state index contributed by atoms with van der Waals surface area (Å²) < 4.78 is 0. The van der Waals surface area contributed by atoms with Crippen LogP contribution in [0.5, 0.6) is 0 Å². The van der Waals surface area contributed by atoms with E-state index < -0.39 is 0 Å². The third kappa shape index (κ3) is 7.08. The molecule has 2 aromatic rings. The monoisotopic (exact) mass is 490 g/mol. The van der Waals surface area contributed by atoms with Gasteiger partial charge in [0.15, 0.2) is 0 Å². The van der Waals surface area contributed by atoms with Gasteiger partial charge in [-0.3, -0.25) is 0 Å². The Morgan fingerprint density at radius 2 is 1.60 bits per heavy atom. The molecular formula is C18H20OU. The van der Waals surface area contributed by atoms with Crippen LogP contribution in [0.15, 0.2) is 48.5 Å². The number of Topliss-reactive ketones (excluding diaryl/α,β-unsaturated/α-hetero) is 1. The first-order valence-electron chi connectivity index (χ1n) is 6.35. The summed E-state index contributed by atoms with van der Waals surface area (Å²) in [6, 6.07) is 21.0. The molecule has 0 amide bonds. The molecule has 1 nitrogen and oxygen atoms in total. The number of carbonyl (C=O) groups excluding carboxylic acids is 1. The zero-order valence-electron chi connectivity index (χ0n) is 12.5. The molecule has 0 fully saturated rings. The first-order valence-corrected chi connectivity index (χ1v) is 6.35. The molecule has 2 heteroatoms. The zero-order valence-corrected chi connectivity index (χ0v) is 16.7. The number of hydrogen-bond acceptors (Lipinski definition) is 1. The number of carbonyl (C=O) groups is 1. The van der Waals surface area contributed by atoms with Crippen molar-refractivity contribution in [1.82, 2.24) is 0 Å². The minimum Gasteiger partial charge on any atom is -0.309 e. The van der Waals surface area contributed by atoms with E-state index in [9.17, 15) is 4.79 Å². The third-order valence-electron chi connectivity index (χ3n) is 2.70. The van der Waals surface area contributed by atoms with Crippen LogP contribution in [0.1, 0.15) is 43.6 Å².